The van der Waals surface area contributed by atoms with Gasteiger partial charge in [0.05, 0.1) is 16.8 Å². The van der Waals surface area contributed by atoms with Crippen molar-refractivity contribution in [1.82, 2.24) is 9.88 Å². The fourth-order valence-electron chi connectivity index (χ4n) is 6.13. The summed E-state index contributed by atoms with van der Waals surface area (Å²) in [6.07, 6.45) is 2.49. The molecule has 162 valence electrons. The first-order valence-corrected chi connectivity index (χ1v) is 12.0. The SMILES string of the molecule is Cc1nc2c(s1)CC1(C)CCC(C(C)C(=O)N(C)Cc3ccccc3)C(O)C1C2C. The Bertz CT molecular complexity index is 911. The summed E-state index contributed by atoms with van der Waals surface area (Å²) in [6.45, 7) is 9.24. The van der Waals surface area contributed by atoms with Crippen molar-refractivity contribution < 1.29 is 9.90 Å². The van der Waals surface area contributed by atoms with Crippen LogP contribution in [0.5, 0.6) is 0 Å². The minimum atomic E-state index is -0.474. The van der Waals surface area contributed by atoms with Gasteiger partial charge in [-0.2, -0.15) is 0 Å². The zero-order valence-electron chi connectivity index (χ0n) is 18.8. The summed E-state index contributed by atoms with van der Waals surface area (Å²) < 4.78 is 0. The molecule has 1 heterocycles. The Morgan fingerprint density at radius 2 is 2.07 bits per heavy atom. The second-order valence-electron chi connectivity index (χ2n) is 9.85. The number of benzene rings is 1. The van der Waals surface area contributed by atoms with Crippen LogP contribution in [0.3, 0.4) is 0 Å². The quantitative estimate of drug-likeness (QED) is 0.764. The Morgan fingerprint density at radius 1 is 1.37 bits per heavy atom. The molecule has 1 aromatic carbocycles. The molecule has 2 aliphatic carbocycles. The minimum Gasteiger partial charge on any atom is -0.392 e. The molecule has 4 rings (SSSR count). The van der Waals surface area contributed by atoms with E-state index in [0.29, 0.717) is 6.54 Å². The van der Waals surface area contributed by atoms with Crippen molar-refractivity contribution in [2.75, 3.05) is 7.05 Å². The average molecular weight is 427 g/mol. The van der Waals surface area contributed by atoms with Crippen LogP contribution in [0.2, 0.25) is 0 Å². The van der Waals surface area contributed by atoms with Gasteiger partial charge in [0.2, 0.25) is 5.91 Å². The fraction of sp³-hybridized carbons (Fsp3) is 0.600. The normalized spacial score (nSPS) is 31.5. The van der Waals surface area contributed by atoms with Crippen molar-refractivity contribution in [3.8, 4) is 0 Å². The molecule has 1 N–H and O–H groups in total. The molecule has 0 spiro atoms. The smallest absolute Gasteiger partial charge is 0.225 e. The van der Waals surface area contributed by atoms with E-state index in [2.05, 4.69) is 20.8 Å². The standard InChI is InChI=1S/C25H34N2O2S/c1-15(24(29)27(5)14-18-9-7-6-8-10-18)19-11-12-25(4)13-20-22(26-17(3)30-20)16(2)21(25)23(19)28/h6-10,15-16,19,21,23,28H,11-14H2,1-5H3. The average Bonchev–Trinajstić information content (AvgIpc) is 3.07. The predicted molar refractivity (Wildman–Crippen MR) is 121 cm³/mol. The van der Waals surface area contributed by atoms with Crippen molar-refractivity contribution >= 4 is 17.2 Å². The van der Waals surface area contributed by atoms with Gasteiger partial charge in [0, 0.05) is 30.3 Å². The van der Waals surface area contributed by atoms with Gasteiger partial charge in [-0.05, 0) is 49.0 Å². The molecular formula is C25H34N2O2S. The Labute approximate surface area is 184 Å². The van der Waals surface area contributed by atoms with Crippen LogP contribution in [0, 0.1) is 30.1 Å². The molecule has 2 aliphatic rings. The zero-order chi connectivity index (χ0) is 21.6. The van der Waals surface area contributed by atoms with E-state index in [1.807, 2.05) is 60.5 Å². The van der Waals surface area contributed by atoms with Crippen LogP contribution in [0.25, 0.3) is 0 Å². The molecule has 0 radical (unpaired) electrons. The van der Waals surface area contributed by atoms with Gasteiger partial charge in [0.15, 0.2) is 0 Å². The van der Waals surface area contributed by atoms with E-state index in [1.165, 1.54) is 10.6 Å². The second-order valence-corrected chi connectivity index (χ2v) is 11.1. The molecule has 6 unspecified atom stereocenters. The van der Waals surface area contributed by atoms with Gasteiger partial charge in [-0.15, -0.1) is 11.3 Å². The highest BCUT2D eigenvalue weighted by Gasteiger charge is 2.53. The van der Waals surface area contributed by atoms with Gasteiger partial charge in [0.1, 0.15) is 0 Å². The van der Waals surface area contributed by atoms with Gasteiger partial charge in [-0.25, -0.2) is 4.98 Å². The third-order valence-corrected chi connectivity index (χ3v) is 8.69. The summed E-state index contributed by atoms with van der Waals surface area (Å²) in [7, 11) is 1.87. The van der Waals surface area contributed by atoms with Gasteiger partial charge in [-0.1, -0.05) is 51.1 Å². The molecule has 6 atom stereocenters. The van der Waals surface area contributed by atoms with Gasteiger partial charge < -0.3 is 10.0 Å². The molecule has 1 aromatic heterocycles. The maximum atomic E-state index is 13.2. The lowest BCUT2D eigenvalue weighted by Crippen LogP contribution is -2.53. The highest BCUT2D eigenvalue weighted by atomic mass is 32.1. The van der Waals surface area contributed by atoms with E-state index < -0.39 is 6.10 Å². The van der Waals surface area contributed by atoms with Crippen molar-refractivity contribution in [3.05, 3.63) is 51.5 Å². The molecule has 0 saturated heterocycles. The third-order valence-electron chi connectivity index (χ3n) is 7.70. The third kappa shape index (κ3) is 3.71. The Balaban J connectivity index is 1.51. The first kappa shape index (κ1) is 21.5. The minimum absolute atomic E-state index is 0.00229. The molecular weight excluding hydrogens is 392 g/mol. The van der Waals surface area contributed by atoms with E-state index in [1.54, 1.807) is 0 Å². The van der Waals surface area contributed by atoms with E-state index in [0.717, 1.165) is 29.8 Å². The maximum absolute atomic E-state index is 13.2. The molecule has 30 heavy (non-hydrogen) atoms. The lowest BCUT2D eigenvalue weighted by atomic mass is 9.53. The van der Waals surface area contributed by atoms with E-state index in [4.69, 9.17) is 4.98 Å². The molecule has 1 fully saturated rings. The van der Waals surface area contributed by atoms with Crippen molar-refractivity contribution in [1.29, 1.82) is 0 Å². The molecule has 1 amide bonds. The van der Waals surface area contributed by atoms with Crippen LogP contribution in [-0.2, 0) is 17.8 Å². The van der Waals surface area contributed by atoms with Crippen molar-refractivity contribution in [2.45, 2.75) is 65.5 Å². The number of aromatic nitrogens is 1. The fourth-order valence-corrected chi connectivity index (χ4v) is 7.37. The summed E-state index contributed by atoms with van der Waals surface area (Å²) in [5.41, 5.74) is 2.39. The number of fused-ring (bicyclic) bond motifs is 2. The summed E-state index contributed by atoms with van der Waals surface area (Å²) in [5, 5.41) is 12.6. The van der Waals surface area contributed by atoms with E-state index in [-0.39, 0.29) is 35.0 Å². The molecule has 0 aliphatic heterocycles. The first-order chi connectivity index (χ1) is 14.2. The summed E-state index contributed by atoms with van der Waals surface area (Å²) >= 11 is 1.81. The Hall–Kier alpha value is -1.72. The number of thiazole rings is 1. The maximum Gasteiger partial charge on any atom is 0.225 e. The topological polar surface area (TPSA) is 53.4 Å². The molecule has 5 heteroatoms. The van der Waals surface area contributed by atoms with Crippen LogP contribution < -0.4 is 0 Å². The van der Waals surface area contributed by atoms with E-state index >= 15 is 0 Å². The summed E-state index contributed by atoms with van der Waals surface area (Å²) in [5.74, 6) is 0.313. The number of aliphatic hydroxyl groups is 1. The second kappa shape index (κ2) is 8.08. The summed E-state index contributed by atoms with van der Waals surface area (Å²) in [6, 6.07) is 10.1. The van der Waals surface area contributed by atoms with E-state index in [9.17, 15) is 9.90 Å². The number of carbonyl (C=O) groups excluding carboxylic acids is 1. The van der Waals surface area contributed by atoms with Crippen molar-refractivity contribution in [3.63, 3.8) is 0 Å². The molecule has 1 saturated carbocycles. The molecule has 2 aromatic rings. The number of hydrogen-bond acceptors (Lipinski definition) is 4. The number of hydrogen-bond donors (Lipinski definition) is 1. The number of nitrogens with zero attached hydrogens (tertiary/aromatic N) is 2. The first-order valence-electron chi connectivity index (χ1n) is 11.1. The van der Waals surface area contributed by atoms with Gasteiger partial charge >= 0.3 is 0 Å². The highest BCUT2D eigenvalue weighted by Crippen LogP contribution is 2.57. The highest BCUT2D eigenvalue weighted by molar-refractivity contribution is 7.11. The summed E-state index contributed by atoms with van der Waals surface area (Å²) in [4.78, 5) is 21.2. The monoisotopic (exact) mass is 426 g/mol. The predicted octanol–water partition coefficient (Wildman–Crippen LogP) is 4.80. The van der Waals surface area contributed by atoms with Crippen LogP contribution in [0.15, 0.2) is 30.3 Å². The molecule has 0 bridgehead atoms. The zero-order valence-corrected chi connectivity index (χ0v) is 19.6. The van der Waals surface area contributed by atoms with Gasteiger partial charge in [0.25, 0.3) is 0 Å². The number of carbonyl (C=O) groups is 1. The lowest BCUT2D eigenvalue weighted by Gasteiger charge is -2.53. The van der Waals surface area contributed by atoms with Crippen molar-refractivity contribution in [2.24, 2.45) is 23.2 Å². The molecule has 4 nitrogen and oxygen atoms in total. The van der Waals surface area contributed by atoms with Crippen LogP contribution in [0.4, 0.5) is 0 Å². The lowest BCUT2D eigenvalue weighted by molar-refractivity contribution is -0.144. The Morgan fingerprint density at radius 3 is 2.77 bits per heavy atom. The van der Waals surface area contributed by atoms with Crippen LogP contribution in [-0.4, -0.2) is 34.0 Å². The van der Waals surface area contributed by atoms with Crippen LogP contribution in [0.1, 0.15) is 60.7 Å². The van der Waals surface area contributed by atoms with Gasteiger partial charge in [-0.3, -0.25) is 4.79 Å². The number of amides is 1. The largest absolute Gasteiger partial charge is 0.392 e. The number of aliphatic hydroxyl groups excluding tert-OH is 1. The Kier molecular flexibility index (Phi) is 5.80. The number of rotatable bonds is 4. The van der Waals surface area contributed by atoms with Crippen LogP contribution >= 0.6 is 11.3 Å². The number of aryl methyl sites for hydroxylation is 1.